The SMILES string of the molecule is CCOc1cc(C)c(Cl)c(C)c1CCC(CN)CN. The van der Waals surface area contributed by atoms with Gasteiger partial charge in [0.05, 0.1) is 6.61 Å². The first-order valence-electron chi connectivity index (χ1n) is 6.86. The molecule has 0 heterocycles. The van der Waals surface area contributed by atoms with Gasteiger partial charge in [0.2, 0.25) is 0 Å². The quantitative estimate of drug-likeness (QED) is 0.809. The van der Waals surface area contributed by atoms with E-state index in [9.17, 15) is 0 Å². The summed E-state index contributed by atoms with van der Waals surface area (Å²) in [5, 5.41) is 0.829. The summed E-state index contributed by atoms with van der Waals surface area (Å²) in [5.74, 6) is 1.30. The second kappa shape index (κ2) is 7.73. The highest BCUT2D eigenvalue weighted by Crippen LogP contribution is 2.33. The van der Waals surface area contributed by atoms with E-state index in [1.54, 1.807) is 0 Å². The van der Waals surface area contributed by atoms with Crippen LogP contribution in [0.1, 0.15) is 30.0 Å². The minimum Gasteiger partial charge on any atom is -0.494 e. The Labute approximate surface area is 121 Å². The number of halogens is 1. The molecule has 0 amide bonds. The Morgan fingerprint density at radius 3 is 2.42 bits per heavy atom. The van der Waals surface area contributed by atoms with Crippen LogP contribution >= 0.6 is 11.6 Å². The highest BCUT2D eigenvalue weighted by molar-refractivity contribution is 6.32. The van der Waals surface area contributed by atoms with Gasteiger partial charge in [-0.05, 0) is 75.4 Å². The molecule has 0 radical (unpaired) electrons. The number of ether oxygens (including phenoxy) is 1. The van der Waals surface area contributed by atoms with Gasteiger partial charge in [-0.15, -0.1) is 0 Å². The fourth-order valence-electron chi connectivity index (χ4n) is 2.24. The molecular formula is C15H25ClN2O. The van der Waals surface area contributed by atoms with Crippen molar-refractivity contribution in [3.8, 4) is 5.75 Å². The molecule has 0 spiro atoms. The largest absolute Gasteiger partial charge is 0.494 e. The molecule has 4 N–H and O–H groups in total. The molecule has 0 saturated carbocycles. The van der Waals surface area contributed by atoms with Gasteiger partial charge in [0.1, 0.15) is 5.75 Å². The first-order chi connectivity index (χ1) is 9.04. The van der Waals surface area contributed by atoms with E-state index in [2.05, 4.69) is 0 Å². The lowest BCUT2D eigenvalue weighted by molar-refractivity contribution is 0.334. The number of hydrogen-bond acceptors (Lipinski definition) is 3. The fraction of sp³-hybridized carbons (Fsp3) is 0.600. The van der Waals surface area contributed by atoms with E-state index >= 15 is 0 Å². The van der Waals surface area contributed by atoms with E-state index in [-0.39, 0.29) is 0 Å². The predicted molar refractivity (Wildman–Crippen MR) is 82.0 cm³/mol. The maximum absolute atomic E-state index is 6.33. The minimum absolute atomic E-state index is 0.356. The lowest BCUT2D eigenvalue weighted by atomic mass is 9.95. The monoisotopic (exact) mass is 284 g/mol. The second-order valence-corrected chi connectivity index (χ2v) is 5.30. The summed E-state index contributed by atoms with van der Waals surface area (Å²) in [6, 6.07) is 2.02. The van der Waals surface area contributed by atoms with E-state index in [0.29, 0.717) is 25.6 Å². The molecule has 0 bridgehead atoms. The molecule has 0 aliphatic heterocycles. The molecule has 3 nitrogen and oxygen atoms in total. The van der Waals surface area contributed by atoms with Crippen molar-refractivity contribution >= 4 is 11.6 Å². The Bertz CT molecular complexity index is 417. The molecular weight excluding hydrogens is 260 g/mol. The maximum atomic E-state index is 6.33. The molecule has 0 unspecified atom stereocenters. The fourth-order valence-corrected chi connectivity index (χ4v) is 2.40. The van der Waals surface area contributed by atoms with Crippen LogP contribution in [0.25, 0.3) is 0 Å². The summed E-state index contributed by atoms with van der Waals surface area (Å²) in [7, 11) is 0. The Balaban J connectivity index is 2.99. The van der Waals surface area contributed by atoms with Crippen molar-refractivity contribution in [3.05, 3.63) is 27.8 Å². The van der Waals surface area contributed by atoms with Crippen molar-refractivity contribution in [2.45, 2.75) is 33.6 Å². The number of aryl methyl sites for hydroxylation is 1. The Morgan fingerprint density at radius 1 is 1.26 bits per heavy atom. The molecule has 0 atom stereocenters. The summed E-state index contributed by atoms with van der Waals surface area (Å²) >= 11 is 6.33. The summed E-state index contributed by atoms with van der Waals surface area (Å²) in [5.41, 5.74) is 14.7. The number of rotatable bonds is 7. The molecule has 1 aromatic carbocycles. The zero-order chi connectivity index (χ0) is 14.4. The third-order valence-corrected chi connectivity index (χ3v) is 4.12. The number of nitrogens with two attached hydrogens (primary N) is 2. The summed E-state index contributed by atoms with van der Waals surface area (Å²) in [4.78, 5) is 0. The van der Waals surface area contributed by atoms with Gasteiger partial charge in [0.25, 0.3) is 0 Å². The van der Waals surface area contributed by atoms with Crippen LogP contribution in [-0.4, -0.2) is 19.7 Å². The van der Waals surface area contributed by atoms with Crippen LogP contribution in [0, 0.1) is 19.8 Å². The third-order valence-electron chi connectivity index (χ3n) is 3.54. The third kappa shape index (κ3) is 4.10. The Hall–Kier alpha value is -0.770. The molecule has 0 aliphatic carbocycles. The average Bonchev–Trinajstić information content (AvgIpc) is 2.40. The summed E-state index contributed by atoms with van der Waals surface area (Å²) in [6.07, 6.45) is 1.87. The van der Waals surface area contributed by atoms with Gasteiger partial charge in [-0.3, -0.25) is 0 Å². The van der Waals surface area contributed by atoms with Crippen molar-refractivity contribution in [2.24, 2.45) is 17.4 Å². The maximum Gasteiger partial charge on any atom is 0.123 e. The molecule has 4 heteroatoms. The highest BCUT2D eigenvalue weighted by atomic mass is 35.5. The van der Waals surface area contributed by atoms with Gasteiger partial charge < -0.3 is 16.2 Å². The van der Waals surface area contributed by atoms with Gasteiger partial charge in [-0.25, -0.2) is 0 Å². The van der Waals surface area contributed by atoms with Crippen LogP contribution < -0.4 is 16.2 Å². The number of hydrogen-bond donors (Lipinski definition) is 2. The summed E-state index contributed by atoms with van der Waals surface area (Å²) < 4.78 is 5.73. The first kappa shape index (κ1) is 16.3. The van der Waals surface area contributed by atoms with Crippen LogP contribution in [0.2, 0.25) is 5.02 Å². The minimum atomic E-state index is 0.356. The highest BCUT2D eigenvalue weighted by Gasteiger charge is 2.14. The lowest BCUT2D eigenvalue weighted by Crippen LogP contribution is -2.23. The molecule has 0 aromatic heterocycles. The van der Waals surface area contributed by atoms with Gasteiger partial charge in [0, 0.05) is 5.02 Å². The van der Waals surface area contributed by atoms with Crippen LogP contribution in [-0.2, 0) is 6.42 Å². The van der Waals surface area contributed by atoms with E-state index in [4.69, 9.17) is 27.8 Å². The molecule has 1 rings (SSSR count). The van der Waals surface area contributed by atoms with Gasteiger partial charge >= 0.3 is 0 Å². The van der Waals surface area contributed by atoms with Gasteiger partial charge in [-0.2, -0.15) is 0 Å². The molecule has 0 fully saturated rings. The standard InChI is InChI=1S/C15H25ClN2O/c1-4-19-14-7-10(2)15(16)11(3)13(14)6-5-12(8-17)9-18/h7,12H,4-6,8-9,17-18H2,1-3H3. The van der Waals surface area contributed by atoms with E-state index in [0.717, 1.165) is 34.7 Å². The van der Waals surface area contributed by atoms with Gasteiger partial charge in [-0.1, -0.05) is 11.6 Å². The number of benzene rings is 1. The van der Waals surface area contributed by atoms with Crippen LogP contribution in [0.4, 0.5) is 0 Å². The van der Waals surface area contributed by atoms with Crippen LogP contribution in [0.3, 0.4) is 0 Å². The normalized spacial score (nSPS) is 11.1. The van der Waals surface area contributed by atoms with Crippen LogP contribution in [0.5, 0.6) is 5.75 Å². The summed E-state index contributed by atoms with van der Waals surface area (Å²) in [6.45, 7) is 7.95. The van der Waals surface area contributed by atoms with Crippen molar-refractivity contribution in [3.63, 3.8) is 0 Å². The van der Waals surface area contributed by atoms with Gasteiger partial charge in [0.15, 0.2) is 0 Å². The molecule has 108 valence electrons. The van der Waals surface area contributed by atoms with E-state index in [1.807, 2.05) is 26.8 Å². The Kier molecular flexibility index (Phi) is 6.63. The predicted octanol–water partition coefficient (Wildman–Crippen LogP) is 2.82. The van der Waals surface area contributed by atoms with Crippen LogP contribution in [0.15, 0.2) is 6.07 Å². The van der Waals surface area contributed by atoms with Crippen molar-refractivity contribution in [2.75, 3.05) is 19.7 Å². The zero-order valence-corrected chi connectivity index (χ0v) is 12.9. The molecule has 19 heavy (non-hydrogen) atoms. The molecule has 0 aliphatic rings. The smallest absolute Gasteiger partial charge is 0.123 e. The molecule has 1 aromatic rings. The average molecular weight is 285 g/mol. The first-order valence-corrected chi connectivity index (χ1v) is 7.24. The Morgan fingerprint density at radius 2 is 1.89 bits per heavy atom. The van der Waals surface area contributed by atoms with Crippen molar-refractivity contribution in [1.29, 1.82) is 0 Å². The van der Waals surface area contributed by atoms with E-state index < -0.39 is 0 Å². The van der Waals surface area contributed by atoms with E-state index in [1.165, 1.54) is 5.56 Å². The zero-order valence-electron chi connectivity index (χ0n) is 12.1. The topological polar surface area (TPSA) is 61.3 Å². The van der Waals surface area contributed by atoms with Crippen molar-refractivity contribution in [1.82, 2.24) is 0 Å². The molecule has 0 saturated heterocycles. The van der Waals surface area contributed by atoms with Crippen molar-refractivity contribution < 1.29 is 4.74 Å². The second-order valence-electron chi connectivity index (χ2n) is 4.92. The lowest BCUT2D eigenvalue weighted by Gasteiger charge is -2.18.